The quantitative estimate of drug-likeness (QED) is 0.538. The Morgan fingerprint density at radius 3 is 2.78 bits per heavy atom. The molecule has 1 aromatic rings. The minimum absolute atomic E-state index is 0.111. The van der Waals surface area contributed by atoms with Gasteiger partial charge in [0.05, 0.1) is 13.0 Å². The number of hydrogen-bond acceptors (Lipinski definition) is 3. The van der Waals surface area contributed by atoms with Crippen LogP contribution < -0.4 is 0 Å². The van der Waals surface area contributed by atoms with Crippen LogP contribution in [0.1, 0.15) is 30.7 Å². The van der Waals surface area contributed by atoms with Crippen molar-refractivity contribution in [3.63, 3.8) is 0 Å². The van der Waals surface area contributed by atoms with Crippen molar-refractivity contribution in [1.82, 2.24) is 4.90 Å². The summed E-state index contributed by atoms with van der Waals surface area (Å²) in [6, 6.07) is 7.30. The molecule has 124 valence electrons. The first-order chi connectivity index (χ1) is 11.2. The molecule has 2 unspecified atom stereocenters. The van der Waals surface area contributed by atoms with Gasteiger partial charge in [0, 0.05) is 24.5 Å². The largest absolute Gasteiger partial charge is 0.469 e. The number of rotatable bonds is 4. The maximum Gasteiger partial charge on any atom is 0.310 e. The van der Waals surface area contributed by atoms with Crippen LogP contribution in [0.25, 0.3) is 0 Å². The summed E-state index contributed by atoms with van der Waals surface area (Å²) in [6.07, 6.45) is 5.21. The second-order valence-electron chi connectivity index (χ2n) is 6.30. The number of carbonyl (C=O) groups is 1. The van der Waals surface area contributed by atoms with Crippen LogP contribution in [0, 0.1) is 11.7 Å². The third kappa shape index (κ3) is 3.31. The van der Waals surface area contributed by atoms with Gasteiger partial charge in [-0.2, -0.15) is 0 Å². The number of fused-ring (bicyclic) bond motifs is 2. The highest BCUT2D eigenvalue weighted by atomic mass is 127. The second-order valence-corrected chi connectivity index (χ2v) is 7.02. The van der Waals surface area contributed by atoms with Crippen molar-refractivity contribution < 1.29 is 13.9 Å². The lowest BCUT2D eigenvalue weighted by molar-refractivity contribution is -0.150. The lowest BCUT2D eigenvalue weighted by atomic mass is 9.76. The van der Waals surface area contributed by atoms with E-state index in [9.17, 15) is 9.18 Å². The van der Waals surface area contributed by atoms with Gasteiger partial charge in [0.2, 0.25) is 0 Å². The van der Waals surface area contributed by atoms with Gasteiger partial charge in [0.15, 0.2) is 0 Å². The monoisotopic (exact) mass is 429 g/mol. The van der Waals surface area contributed by atoms with E-state index in [-0.39, 0.29) is 29.7 Å². The first-order valence-corrected chi connectivity index (χ1v) is 9.24. The Kier molecular flexibility index (Phi) is 5.36. The predicted octanol–water partition coefficient (Wildman–Crippen LogP) is 3.88. The molecule has 0 N–H and O–H groups in total. The molecule has 23 heavy (non-hydrogen) atoms. The number of carbonyl (C=O) groups excluding carboxylic acids is 1. The van der Waals surface area contributed by atoms with Crippen LogP contribution in [0.15, 0.2) is 34.4 Å². The van der Waals surface area contributed by atoms with Gasteiger partial charge in [-0.25, -0.2) is 4.39 Å². The number of methoxy groups -OCH3 is 1. The Morgan fingerprint density at radius 2 is 2.13 bits per heavy atom. The summed E-state index contributed by atoms with van der Waals surface area (Å²) < 4.78 is 20.4. The third-order valence-corrected chi connectivity index (χ3v) is 5.75. The maximum absolute atomic E-state index is 13.2. The summed E-state index contributed by atoms with van der Waals surface area (Å²) in [5.41, 5.74) is 1.04. The highest BCUT2D eigenvalue weighted by Gasteiger charge is 2.50. The molecule has 3 nitrogen and oxygen atoms in total. The maximum atomic E-state index is 13.2. The second kappa shape index (κ2) is 7.30. The molecule has 2 saturated heterocycles. The Morgan fingerprint density at radius 1 is 1.39 bits per heavy atom. The van der Waals surface area contributed by atoms with Gasteiger partial charge in [0.25, 0.3) is 0 Å². The number of benzene rings is 1. The molecular weight excluding hydrogens is 408 g/mol. The van der Waals surface area contributed by atoms with E-state index in [1.807, 2.05) is 16.2 Å². The number of nitrogens with zero attached hydrogens (tertiary/aromatic N) is 1. The van der Waals surface area contributed by atoms with Crippen molar-refractivity contribution in [1.29, 1.82) is 0 Å². The van der Waals surface area contributed by atoms with E-state index in [0.29, 0.717) is 6.04 Å². The Hall–Kier alpha value is -0.950. The summed E-state index contributed by atoms with van der Waals surface area (Å²) in [4.78, 5) is 14.9. The fourth-order valence-corrected chi connectivity index (χ4v) is 4.50. The molecule has 2 fully saturated rings. The zero-order chi connectivity index (χ0) is 16.4. The summed E-state index contributed by atoms with van der Waals surface area (Å²) >= 11 is 2.23. The van der Waals surface area contributed by atoms with Crippen LogP contribution in [0.5, 0.6) is 0 Å². The number of ether oxygens (including phenoxy) is 1. The SMILES string of the molecule is COC(=O)C1C(c2ccc(F)cc2)C[C@@H]2CC[C@H]1N2CC=CI. The van der Waals surface area contributed by atoms with Gasteiger partial charge in [-0.05, 0) is 41.0 Å². The van der Waals surface area contributed by atoms with Crippen LogP contribution >= 0.6 is 22.6 Å². The molecule has 0 aliphatic carbocycles. The molecule has 0 saturated carbocycles. The average molecular weight is 429 g/mol. The Bertz CT molecular complexity index is 589. The number of hydrogen-bond donors (Lipinski definition) is 0. The van der Waals surface area contributed by atoms with Gasteiger partial charge in [-0.15, -0.1) is 0 Å². The normalized spacial score (nSPS) is 30.7. The number of halogens is 2. The van der Waals surface area contributed by atoms with Crippen LogP contribution in [-0.4, -0.2) is 36.6 Å². The standard InChI is InChI=1S/C18H21FINO2/c1-23-18(22)17-15(12-3-5-13(19)6-4-12)11-14-7-8-16(17)21(14)10-2-9-20/h2-6,9,14-17H,7-8,10-11H2,1H3/t14-,15?,16+,17?/m0/s1. The van der Waals surface area contributed by atoms with Crippen molar-refractivity contribution in [2.75, 3.05) is 13.7 Å². The zero-order valence-corrected chi connectivity index (χ0v) is 15.3. The van der Waals surface area contributed by atoms with E-state index in [0.717, 1.165) is 31.4 Å². The number of esters is 1. The lowest BCUT2D eigenvalue weighted by Gasteiger charge is -2.43. The van der Waals surface area contributed by atoms with E-state index in [1.54, 1.807) is 0 Å². The van der Waals surface area contributed by atoms with Gasteiger partial charge in [-0.1, -0.05) is 40.8 Å². The molecule has 0 amide bonds. The predicted molar refractivity (Wildman–Crippen MR) is 95.9 cm³/mol. The van der Waals surface area contributed by atoms with E-state index < -0.39 is 0 Å². The van der Waals surface area contributed by atoms with Crippen LogP contribution in [0.4, 0.5) is 4.39 Å². The summed E-state index contributed by atoms with van der Waals surface area (Å²) in [7, 11) is 1.46. The minimum atomic E-state index is -0.240. The van der Waals surface area contributed by atoms with E-state index >= 15 is 0 Å². The molecule has 0 aromatic heterocycles. The van der Waals surface area contributed by atoms with Crippen molar-refractivity contribution in [3.05, 3.63) is 45.8 Å². The van der Waals surface area contributed by atoms with Crippen LogP contribution in [0.3, 0.4) is 0 Å². The van der Waals surface area contributed by atoms with Crippen LogP contribution in [0.2, 0.25) is 0 Å². The molecule has 2 bridgehead atoms. The molecule has 2 aliphatic rings. The molecule has 0 spiro atoms. The Balaban J connectivity index is 1.91. The van der Waals surface area contributed by atoms with Crippen molar-refractivity contribution in [3.8, 4) is 0 Å². The van der Waals surface area contributed by atoms with Crippen LogP contribution in [-0.2, 0) is 9.53 Å². The molecular formula is C18H21FINO2. The first kappa shape index (κ1) is 16.9. The van der Waals surface area contributed by atoms with Crippen molar-refractivity contribution in [2.24, 2.45) is 5.92 Å². The highest BCUT2D eigenvalue weighted by Crippen LogP contribution is 2.47. The molecule has 1 aromatic carbocycles. The summed E-state index contributed by atoms with van der Waals surface area (Å²) in [6.45, 7) is 0.877. The molecule has 3 rings (SSSR count). The Labute approximate surface area is 150 Å². The van der Waals surface area contributed by atoms with Gasteiger partial charge < -0.3 is 4.74 Å². The lowest BCUT2D eigenvalue weighted by Crippen LogP contribution is -2.50. The minimum Gasteiger partial charge on any atom is -0.469 e. The highest BCUT2D eigenvalue weighted by molar-refractivity contribution is 14.1. The van der Waals surface area contributed by atoms with E-state index in [1.165, 1.54) is 19.2 Å². The summed E-state index contributed by atoms with van der Waals surface area (Å²) in [5, 5.41) is 0. The molecule has 4 atom stereocenters. The number of piperidine rings is 1. The smallest absolute Gasteiger partial charge is 0.310 e. The fourth-order valence-electron chi connectivity index (χ4n) is 4.27. The van der Waals surface area contributed by atoms with Crippen molar-refractivity contribution in [2.45, 2.75) is 37.3 Å². The third-order valence-electron chi connectivity index (χ3n) is 5.24. The summed E-state index contributed by atoms with van der Waals surface area (Å²) in [5.74, 6) is -0.448. The molecule has 5 heteroatoms. The topological polar surface area (TPSA) is 29.5 Å². The molecule has 2 heterocycles. The first-order valence-electron chi connectivity index (χ1n) is 8.00. The fraction of sp³-hybridized carbons (Fsp3) is 0.500. The van der Waals surface area contributed by atoms with E-state index in [4.69, 9.17) is 4.74 Å². The van der Waals surface area contributed by atoms with Gasteiger partial charge in [0.1, 0.15) is 5.82 Å². The van der Waals surface area contributed by atoms with E-state index in [2.05, 4.69) is 33.6 Å². The molecule has 2 aliphatic heterocycles. The zero-order valence-electron chi connectivity index (χ0n) is 13.1. The molecule has 0 radical (unpaired) electrons. The average Bonchev–Trinajstić information content (AvgIpc) is 2.84. The van der Waals surface area contributed by atoms with Gasteiger partial charge >= 0.3 is 5.97 Å². The van der Waals surface area contributed by atoms with Crippen molar-refractivity contribution >= 4 is 28.6 Å². The van der Waals surface area contributed by atoms with Gasteiger partial charge in [-0.3, -0.25) is 9.69 Å².